The Bertz CT molecular complexity index is 128. The van der Waals surface area contributed by atoms with E-state index in [2.05, 4.69) is 10.1 Å². The smallest absolute Gasteiger partial charge is 0.325 e. The van der Waals surface area contributed by atoms with E-state index in [-0.39, 0.29) is 18.4 Å². The Kier molecular flexibility index (Phi) is 5.15. The first-order valence-corrected chi connectivity index (χ1v) is 3.30. The summed E-state index contributed by atoms with van der Waals surface area (Å²) in [5.74, 6) is -0.472. The Balaban J connectivity index is 0.000001000. The lowest BCUT2D eigenvalue weighted by Gasteiger charge is -2.06. The molecule has 1 aliphatic rings. The molecule has 0 aliphatic carbocycles. The molecule has 0 radical (unpaired) electrons. The Morgan fingerprint density at radius 2 is 2.45 bits per heavy atom. The van der Waals surface area contributed by atoms with Crippen molar-refractivity contribution in [3.8, 4) is 0 Å². The fourth-order valence-corrected chi connectivity index (χ4v) is 1.04. The third-order valence-corrected chi connectivity index (χ3v) is 1.54. The van der Waals surface area contributed by atoms with E-state index in [9.17, 15) is 9.18 Å². The summed E-state index contributed by atoms with van der Waals surface area (Å²) >= 11 is 0. The van der Waals surface area contributed by atoms with Gasteiger partial charge in [-0.2, -0.15) is 0 Å². The van der Waals surface area contributed by atoms with Gasteiger partial charge in [0.25, 0.3) is 0 Å². The van der Waals surface area contributed by atoms with E-state index in [1.807, 2.05) is 0 Å². The van der Waals surface area contributed by atoms with Crippen LogP contribution in [-0.4, -0.2) is 25.4 Å². The maximum Gasteiger partial charge on any atom is 0.325 e. The topological polar surface area (TPSA) is 38.3 Å². The van der Waals surface area contributed by atoms with Crippen molar-refractivity contribution < 1.29 is 13.9 Å². The van der Waals surface area contributed by atoms with Crippen molar-refractivity contribution in [1.82, 2.24) is 5.32 Å². The zero-order valence-corrected chi connectivity index (χ0v) is 6.82. The average Bonchev–Trinajstić information content (AvgIpc) is 2.38. The summed E-state index contributed by atoms with van der Waals surface area (Å²) in [6.45, 7) is -0.191. The van der Waals surface area contributed by atoms with Gasteiger partial charge in [0.2, 0.25) is 6.86 Å². The number of halogens is 2. The van der Waals surface area contributed by atoms with Crippen molar-refractivity contribution in [2.45, 2.75) is 18.9 Å². The number of alkyl halides is 1. The number of esters is 1. The molecule has 11 heavy (non-hydrogen) atoms. The average molecular weight is 184 g/mol. The summed E-state index contributed by atoms with van der Waals surface area (Å²) in [4.78, 5) is 10.7. The van der Waals surface area contributed by atoms with Gasteiger partial charge in [0.05, 0.1) is 0 Å². The van der Waals surface area contributed by atoms with E-state index >= 15 is 0 Å². The first-order valence-electron chi connectivity index (χ1n) is 3.30. The molecule has 0 bridgehead atoms. The van der Waals surface area contributed by atoms with Crippen LogP contribution in [0.1, 0.15) is 12.8 Å². The van der Waals surface area contributed by atoms with Crippen LogP contribution in [0.25, 0.3) is 0 Å². The van der Waals surface area contributed by atoms with Gasteiger partial charge in [0, 0.05) is 0 Å². The molecule has 1 saturated heterocycles. The number of carbonyl (C=O) groups is 1. The van der Waals surface area contributed by atoms with Crippen LogP contribution >= 0.6 is 12.4 Å². The van der Waals surface area contributed by atoms with E-state index < -0.39 is 12.8 Å². The Hall–Kier alpha value is -0.350. The molecule has 1 fully saturated rings. The lowest BCUT2D eigenvalue weighted by molar-refractivity contribution is -0.149. The molecule has 0 aromatic carbocycles. The van der Waals surface area contributed by atoms with Crippen LogP contribution in [0, 0.1) is 0 Å². The predicted octanol–water partition coefficient (Wildman–Crippen LogP) is 0.630. The summed E-state index contributed by atoms with van der Waals surface area (Å²) in [6.07, 6.45) is 1.73. The van der Waals surface area contributed by atoms with Gasteiger partial charge in [-0.1, -0.05) is 0 Å². The van der Waals surface area contributed by atoms with Gasteiger partial charge in [-0.15, -0.1) is 12.4 Å². The highest BCUT2D eigenvalue weighted by Crippen LogP contribution is 2.05. The highest BCUT2D eigenvalue weighted by molar-refractivity contribution is 5.85. The summed E-state index contributed by atoms with van der Waals surface area (Å²) in [5.41, 5.74) is 0. The lowest BCUT2D eigenvalue weighted by Crippen LogP contribution is -2.32. The van der Waals surface area contributed by atoms with Crippen LogP contribution in [0.3, 0.4) is 0 Å². The van der Waals surface area contributed by atoms with Gasteiger partial charge >= 0.3 is 5.97 Å². The molecule has 0 aromatic heterocycles. The normalized spacial score (nSPS) is 22.5. The summed E-state index contributed by atoms with van der Waals surface area (Å²) in [7, 11) is 0. The predicted molar refractivity (Wildman–Crippen MR) is 40.3 cm³/mol. The zero-order chi connectivity index (χ0) is 7.40. The van der Waals surface area contributed by atoms with Gasteiger partial charge < -0.3 is 10.1 Å². The minimum Gasteiger partial charge on any atom is -0.433 e. The van der Waals surface area contributed by atoms with Crippen LogP contribution in [0.15, 0.2) is 0 Å². The summed E-state index contributed by atoms with van der Waals surface area (Å²) < 4.78 is 15.6. The summed E-state index contributed by atoms with van der Waals surface area (Å²) in [5, 5.41) is 2.90. The lowest BCUT2D eigenvalue weighted by atomic mass is 10.2. The fourth-order valence-electron chi connectivity index (χ4n) is 1.04. The van der Waals surface area contributed by atoms with Crippen molar-refractivity contribution in [2.24, 2.45) is 0 Å². The minimum absolute atomic E-state index is 0. The third-order valence-electron chi connectivity index (χ3n) is 1.54. The molecule has 0 spiro atoms. The maximum atomic E-state index is 11.4. The molecule has 5 heteroatoms. The molecule has 66 valence electrons. The Morgan fingerprint density at radius 1 is 1.73 bits per heavy atom. The van der Waals surface area contributed by atoms with Crippen LogP contribution in [0.5, 0.6) is 0 Å². The second kappa shape index (κ2) is 5.32. The van der Waals surface area contributed by atoms with Gasteiger partial charge in [-0.25, -0.2) is 4.39 Å². The van der Waals surface area contributed by atoms with Gasteiger partial charge in [-0.3, -0.25) is 4.79 Å². The monoisotopic (exact) mass is 183 g/mol. The highest BCUT2D eigenvalue weighted by Gasteiger charge is 2.22. The number of rotatable bonds is 2. The largest absolute Gasteiger partial charge is 0.433 e. The van der Waals surface area contributed by atoms with Crippen LogP contribution in [0.4, 0.5) is 4.39 Å². The van der Waals surface area contributed by atoms with E-state index in [4.69, 9.17) is 0 Å². The quantitative estimate of drug-likeness (QED) is 0.639. The van der Waals surface area contributed by atoms with Crippen molar-refractivity contribution in [2.75, 3.05) is 13.4 Å². The van der Waals surface area contributed by atoms with Gasteiger partial charge in [0.15, 0.2) is 0 Å². The first kappa shape index (κ1) is 10.7. The highest BCUT2D eigenvalue weighted by atomic mass is 35.5. The Labute approximate surface area is 70.7 Å². The fraction of sp³-hybridized carbons (Fsp3) is 0.833. The SMILES string of the molecule is Cl.O=C(OCF)C1CCCN1. The number of hydrogen-bond acceptors (Lipinski definition) is 3. The Morgan fingerprint density at radius 3 is 2.91 bits per heavy atom. The summed E-state index contributed by atoms with van der Waals surface area (Å²) in [6, 6.07) is -0.268. The molecular weight excluding hydrogens is 173 g/mol. The molecule has 1 N–H and O–H groups in total. The molecule has 0 saturated carbocycles. The molecule has 1 aliphatic heterocycles. The zero-order valence-electron chi connectivity index (χ0n) is 6.01. The van der Waals surface area contributed by atoms with Crippen LogP contribution in [-0.2, 0) is 9.53 Å². The van der Waals surface area contributed by atoms with Crippen LogP contribution < -0.4 is 5.32 Å². The number of ether oxygens (including phenoxy) is 1. The molecule has 1 unspecified atom stereocenters. The second-order valence-electron chi connectivity index (χ2n) is 2.22. The van der Waals surface area contributed by atoms with Gasteiger partial charge in [0.1, 0.15) is 6.04 Å². The number of carbonyl (C=O) groups excluding carboxylic acids is 1. The standard InChI is InChI=1S/C6H10FNO2.ClH/c7-4-10-6(9)5-2-1-3-8-5;/h5,8H,1-4H2;1H. The van der Waals surface area contributed by atoms with Gasteiger partial charge in [-0.05, 0) is 19.4 Å². The van der Waals surface area contributed by atoms with E-state index in [1.54, 1.807) is 0 Å². The minimum atomic E-state index is -1.02. The third kappa shape index (κ3) is 3.03. The molecule has 0 aromatic rings. The molecule has 1 atom stereocenters. The molecule has 3 nitrogen and oxygen atoms in total. The number of hydrogen-bond donors (Lipinski definition) is 1. The molecular formula is C6H11ClFNO2. The molecule has 0 amide bonds. The van der Waals surface area contributed by atoms with Crippen molar-refractivity contribution in [3.63, 3.8) is 0 Å². The first-order chi connectivity index (χ1) is 4.84. The van der Waals surface area contributed by atoms with E-state index in [0.29, 0.717) is 0 Å². The van der Waals surface area contributed by atoms with Crippen molar-refractivity contribution >= 4 is 18.4 Å². The molecule has 1 rings (SSSR count). The molecule has 1 heterocycles. The van der Waals surface area contributed by atoms with Crippen molar-refractivity contribution in [1.29, 1.82) is 0 Å². The number of nitrogens with one attached hydrogen (secondary N) is 1. The second-order valence-corrected chi connectivity index (χ2v) is 2.22. The maximum absolute atomic E-state index is 11.4. The van der Waals surface area contributed by atoms with E-state index in [0.717, 1.165) is 19.4 Å². The van der Waals surface area contributed by atoms with E-state index in [1.165, 1.54) is 0 Å². The van der Waals surface area contributed by atoms with Crippen LogP contribution in [0.2, 0.25) is 0 Å². The van der Waals surface area contributed by atoms with Crippen molar-refractivity contribution in [3.05, 3.63) is 0 Å².